The molecule has 2 bridgehead atoms. The fraction of sp³-hybridized carbons (Fsp3) is 0.364. The molecule has 3 aliphatic heterocycles. The molecular formula is C22H20N2O6. The van der Waals surface area contributed by atoms with Crippen molar-refractivity contribution in [2.24, 2.45) is 11.8 Å². The first kappa shape index (κ1) is 18.7. The van der Waals surface area contributed by atoms with Crippen LogP contribution in [0.5, 0.6) is 11.5 Å². The minimum atomic E-state index is -0.557. The summed E-state index contributed by atoms with van der Waals surface area (Å²) >= 11 is 0. The zero-order valence-electron chi connectivity index (χ0n) is 16.5. The van der Waals surface area contributed by atoms with Crippen LogP contribution in [0.15, 0.2) is 36.4 Å². The number of nitro benzene ring substituents is 1. The summed E-state index contributed by atoms with van der Waals surface area (Å²) in [6.45, 7) is 3.79. The Hall–Kier alpha value is -3.26. The molecule has 3 saturated heterocycles. The zero-order valence-corrected chi connectivity index (χ0v) is 16.5. The summed E-state index contributed by atoms with van der Waals surface area (Å²) < 4.78 is 11.7. The normalized spacial score (nSPS) is 26.9. The lowest BCUT2D eigenvalue weighted by Gasteiger charge is -2.18. The highest BCUT2D eigenvalue weighted by atomic mass is 16.6. The maximum atomic E-state index is 13.1. The number of nitro groups is 1. The van der Waals surface area contributed by atoms with Crippen LogP contribution in [0.1, 0.15) is 24.0 Å². The van der Waals surface area contributed by atoms with E-state index in [1.807, 2.05) is 32.0 Å². The highest BCUT2D eigenvalue weighted by Gasteiger charge is 2.62. The van der Waals surface area contributed by atoms with Crippen LogP contribution in [0.3, 0.4) is 0 Å². The van der Waals surface area contributed by atoms with E-state index in [0.29, 0.717) is 5.75 Å². The molecule has 8 heteroatoms. The minimum Gasteiger partial charge on any atom is -0.457 e. The van der Waals surface area contributed by atoms with E-state index in [1.165, 1.54) is 18.2 Å². The number of anilines is 1. The number of fused-ring (bicyclic) bond motifs is 5. The van der Waals surface area contributed by atoms with Crippen molar-refractivity contribution in [3.8, 4) is 11.5 Å². The Morgan fingerprint density at radius 2 is 1.70 bits per heavy atom. The van der Waals surface area contributed by atoms with Crippen LogP contribution in [0.25, 0.3) is 0 Å². The van der Waals surface area contributed by atoms with E-state index in [9.17, 15) is 19.7 Å². The van der Waals surface area contributed by atoms with Gasteiger partial charge in [-0.05, 0) is 43.9 Å². The SMILES string of the molecule is Cc1ccc(C)c(Oc2cc(N3C(=O)[C@H]4[C@H](C3=O)[C@H]3CC[C@H]4O3)cc([N+](=O)[O-])c2)c1. The van der Waals surface area contributed by atoms with E-state index in [4.69, 9.17) is 9.47 Å². The number of nitrogens with zero attached hydrogens (tertiary/aromatic N) is 2. The standard InChI is InChI=1S/C22H20N2O6/c1-11-3-4-12(2)18(7-11)29-15-9-13(8-14(10-15)24(27)28)23-21(25)19-16-5-6-17(30-16)20(19)22(23)26/h3-4,7-10,16-17,19-20H,5-6H2,1-2H3/t16-,17-,19-,20-/m1/s1. The topological polar surface area (TPSA) is 99.0 Å². The van der Waals surface area contributed by atoms with Crippen molar-refractivity contribution >= 4 is 23.2 Å². The smallest absolute Gasteiger partial charge is 0.275 e. The van der Waals surface area contributed by atoms with Crippen molar-refractivity contribution in [2.45, 2.75) is 38.9 Å². The summed E-state index contributed by atoms with van der Waals surface area (Å²) in [5.74, 6) is -0.947. The number of hydrogen-bond acceptors (Lipinski definition) is 6. The Morgan fingerprint density at radius 3 is 2.33 bits per heavy atom. The molecular weight excluding hydrogens is 388 g/mol. The number of hydrogen-bond donors (Lipinski definition) is 0. The van der Waals surface area contributed by atoms with Crippen LogP contribution < -0.4 is 9.64 Å². The third-order valence-corrected chi connectivity index (χ3v) is 6.20. The number of rotatable bonds is 4. The number of ether oxygens (including phenoxy) is 2. The van der Waals surface area contributed by atoms with Crippen LogP contribution >= 0.6 is 0 Å². The van der Waals surface area contributed by atoms with Crippen molar-refractivity contribution in [3.05, 3.63) is 57.6 Å². The lowest BCUT2D eigenvalue weighted by molar-refractivity contribution is -0.384. The Bertz CT molecular complexity index is 1070. The molecule has 154 valence electrons. The van der Waals surface area contributed by atoms with Crippen molar-refractivity contribution in [1.82, 2.24) is 0 Å². The van der Waals surface area contributed by atoms with Crippen molar-refractivity contribution in [3.63, 3.8) is 0 Å². The van der Waals surface area contributed by atoms with Crippen molar-refractivity contribution in [2.75, 3.05) is 4.90 Å². The maximum absolute atomic E-state index is 13.1. The van der Waals surface area contributed by atoms with Gasteiger partial charge in [0.05, 0.1) is 40.7 Å². The van der Waals surface area contributed by atoms with Gasteiger partial charge in [0.15, 0.2) is 0 Å². The lowest BCUT2D eigenvalue weighted by Crippen LogP contribution is -2.34. The molecule has 2 aromatic carbocycles. The molecule has 5 rings (SSSR count). The van der Waals surface area contributed by atoms with Gasteiger partial charge in [-0.15, -0.1) is 0 Å². The van der Waals surface area contributed by atoms with E-state index in [0.717, 1.165) is 28.9 Å². The first-order valence-electron chi connectivity index (χ1n) is 9.91. The van der Waals surface area contributed by atoms with Gasteiger partial charge in [0.1, 0.15) is 11.5 Å². The Kier molecular flexibility index (Phi) is 4.14. The monoisotopic (exact) mass is 408 g/mol. The molecule has 3 heterocycles. The predicted molar refractivity (Wildman–Crippen MR) is 106 cm³/mol. The average Bonchev–Trinajstić information content (AvgIpc) is 3.38. The van der Waals surface area contributed by atoms with Crippen LogP contribution in [0.2, 0.25) is 0 Å². The number of carbonyl (C=O) groups is 2. The molecule has 0 saturated carbocycles. The summed E-state index contributed by atoms with van der Waals surface area (Å²) in [6.07, 6.45) is 1.03. The number of benzene rings is 2. The van der Waals surface area contributed by atoms with Gasteiger partial charge in [0.25, 0.3) is 5.69 Å². The Balaban J connectivity index is 1.54. The molecule has 0 aromatic heterocycles. The molecule has 8 nitrogen and oxygen atoms in total. The first-order chi connectivity index (χ1) is 14.3. The average molecular weight is 408 g/mol. The molecule has 3 fully saturated rings. The molecule has 3 aliphatic rings. The first-order valence-corrected chi connectivity index (χ1v) is 9.91. The molecule has 0 aliphatic carbocycles. The molecule has 0 spiro atoms. The third-order valence-electron chi connectivity index (χ3n) is 6.20. The van der Waals surface area contributed by atoms with E-state index < -0.39 is 16.8 Å². The second-order valence-corrected chi connectivity index (χ2v) is 8.17. The van der Waals surface area contributed by atoms with Gasteiger partial charge in [-0.3, -0.25) is 19.7 Å². The van der Waals surface area contributed by atoms with Gasteiger partial charge < -0.3 is 9.47 Å². The lowest BCUT2D eigenvalue weighted by atomic mass is 9.81. The molecule has 0 radical (unpaired) electrons. The summed E-state index contributed by atoms with van der Waals surface area (Å²) in [5, 5.41) is 11.5. The number of carbonyl (C=O) groups excluding carboxylic acids is 2. The number of aryl methyl sites for hydroxylation is 2. The van der Waals surface area contributed by atoms with E-state index >= 15 is 0 Å². The second-order valence-electron chi connectivity index (χ2n) is 8.17. The fourth-order valence-electron chi connectivity index (χ4n) is 4.77. The molecule has 0 N–H and O–H groups in total. The van der Waals surface area contributed by atoms with Gasteiger partial charge in [0, 0.05) is 12.1 Å². The van der Waals surface area contributed by atoms with E-state index in [1.54, 1.807) is 0 Å². The maximum Gasteiger partial charge on any atom is 0.275 e. The zero-order chi connectivity index (χ0) is 21.2. The van der Waals surface area contributed by atoms with Gasteiger partial charge in [0.2, 0.25) is 11.8 Å². The van der Waals surface area contributed by atoms with Crippen LogP contribution in [0, 0.1) is 35.8 Å². The summed E-state index contributed by atoms with van der Waals surface area (Å²) in [5.41, 5.74) is 1.76. The molecule has 4 atom stereocenters. The van der Waals surface area contributed by atoms with Crippen molar-refractivity contribution < 1.29 is 24.0 Å². The number of amides is 2. The van der Waals surface area contributed by atoms with Gasteiger partial charge in [-0.1, -0.05) is 12.1 Å². The van der Waals surface area contributed by atoms with Gasteiger partial charge in [-0.2, -0.15) is 0 Å². The Labute approximate surface area is 172 Å². The van der Waals surface area contributed by atoms with Crippen LogP contribution in [-0.4, -0.2) is 28.9 Å². The van der Waals surface area contributed by atoms with E-state index in [2.05, 4.69) is 0 Å². The largest absolute Gasteiger partial charge is 0.457 e. The number of non-ortho nitro benzene ring substituents is 1. The Morgan fingerprint density at radius 1 is 1.03 bits per heavy atom. The fourth-order valence-corrected chi connectivity index (χ4v) is 4.77. The molecule has 2 aromatic rings. The molecule has 0 unspecified atom stereocenters. The van der Waals surface area contributed by atoms with Gasteiger partial charge in [-0.25, -0.2) is 4.90 Å². The highest BCUT2D eigenvalue weighted by molar-refractivity contribution is 6.23. The minimum absolute atomic E-state index is 0.160. The van der Waals surface area contributed by atoms with Crippen LogP contribution in [0.4, 0.5) is 11.4 Å². The molecule has 30 heavy (non-hydrogen) atoms. The summed E-state index contributed by atoms with van der Waals surface area (Å²) in [7, 11) is 0. The number of imide groups is 1. The van der Waals surface area contributed by atoms with E-state index in [-0.39, 0.29) is 41.1 Å². The third kappa shape index (κ3) is 2.79. The van der Waals surface area contributed by atoms with Gasteiger partial charge >= 0.3 is 0 Å². The quantitative estimate of drug-likeness (QED) is 0.435. The summed E-state index contributed by atoms with van der Waals surface area (Å²) in [6, 6.07) is 9.72. The highest BCUT2D eigenvalue weighted by Crippen LogP contribution is 2.50. The predicted octanol–water partition coefficient (Wildman–Crippen LogP) is 3.67. The summed E-state index contributed by atoms with van der Waals surface area (Å²) in [4.78, 5) is 38.1. The van der Waals surface area contributed by atoms with Crippen LogP contribution in [-0.2, 0) is 14.3 Å². The van der Waals surface area contributed by atoms with Crippen molar-refractivity contribution in [1.29, 1.82) is 0 Å². The molecule has 2 amide bonds. The second kappa shape index (κ2) is 6.63.